The second-order valence-corrected chi connectivity index (χ2v) is 12.1. The summed E-state index contributed by atoms with van der Waals surface area (Å²) in [6, 6.07) is 0. The number of hydrogen-bond donors (Lipinski definition) is 8. The van der Waals surface area contributed by atoms with Gasteiger partial charge in [-0.1, -0.05) is 0 Å². The third-order valence-corrected chi connectivity index (χ3v) is 8.44. The second-order valence-electron chi connectivity index (χ2n) is 9.99. The number of hydrogen-bond acceptors (Lipinski definition) is 18. The van der Waals surface area contributed by atoms with Crippen LogP contribution in [0.2, 0.25) is 0 Å². The van der Waals surface area contributed by atoms with Crippen molar-refractivity contribution in [3.05, 3.63) is 29.3 Å². The number of phosphoric acid groups is 1. The van der Waals surface area contributed by atoms with Crippen LogP contribution >= 0.6 is 16.1 Å². The lowest BCUT2D eigenvalue weighted by atomic mass is 10.1. The fourth-order valence-electron chi connectivity index (χ4n) is 4.96. The van der Waals surface area contributed by atoms with Gasteiger partial charge in [-0.05, 0) is 0 Å². The summed E-state index contributed by atoms with van der Waals surface area (Å²) in [6.07, 6.45) is -9.36. The molecule has 0 amide bonds. The van der Waals surface area contributed by atoms with Crippen molar-refractivity contribution in [3.63, 3.8) is 0 Å². The molecule has 2 unspecified atom stereocenters. The molecular formula is C20H24FN10O13P2+. The van der Waals surface area contributed by atoms with Gasteiger partial charge < -0.3 is 41.2 Å². The van der Waals surface area contributed by atoms with Crippen molar-refractivity contribution in [2.24, 2.45) is 0 Å². The lowest BCUT2D eigenvalue weighted by Crippen LogP contribution is -2.43. The molecule has 2 aliphatic heterocycles. The van der Waals surface area contributed by atoms with E-state index < -0.39 is 89.6 Å². The highest BCUT2D eigenvalue weighted by Crippen LogP contribution is 2.52. The number of fused-ring (bicyclic) bond motifs is 2. The van der Waals surface area contributed by atoms with E-state index in [0.717, 1.165) is 17.2 Å². The third kappa shape index (κ3) is 5.74. The number of nitrogens with zero attached hydrogens (tertiary/aromatic N) is 7. The van der Waals surface area contributed by atoms with E-state index in [9.17, 15) is 34.1 Å². The van der Waals surface area contributed by atoms with Crippen LogP contribution < -0.4 is 17.0 Å². The molecule has 10 atom stereocenters. The summed E-state index contributed by atoms with van der Waals surface area (Å²) in [5, 5.41) is 32.0. The summed E-state index contributed by atoms with van der Waals surface area (Å²) in [5.74, 6) is -3.68. The van der Waals surface area contributed by atoms with Gasteiger partial charge >= 0.3 is 16.1 Å². The first-order valence-corrected chi connectivity index (χ1v) is 15.5. The Kier molecular flexibility index (Phi) is 8.33. The van der Waals surface area contributed by atoms with Gasteiger partial charge in [0.1, 0.15) is 42.4 Å². The first kappa shape index (κ1) is 32.3. The molecule has 2 saturated heterocycles. The molecule has 0 saturated carbocycles. The van der Waals surface area contributed by atoms with E-state index >= 15 is 4.39 Å². The van der Waals surface area contributed by atoms with Crippen LogP contribution in [0.5, 0.6) is 0 Å². The van der Waals surface area contributed by atoms with Crippen LogP contribution in [0.25, 0.3) is 22.3 Å². The number of aromatic nitrogens is 8. The van der Waals surface area contributed by atoms with Crippen molar-refractivity contribution in [2.75, 3.05) is 24.7 Å². The standard InChI is InChI=1S/C20H23FN10O13P2/c21-20(2-40-45(36)37)12(34)11(18(43-20)31-5-27-8-15(31)28-19(23)29-16(8)35)44-46(38,39)41-1-6-9(32)10(33)17(42-6)30-4-26-7-13(22)24-3-25-14(7)30/h3-6,9-12,17-18,32-34H,1-2H2,(H6-,22,23,24,25,28,29,35,36,37,38,39)/p+1/t6-,9-,10-,11-,12+,17-,18-,20-/m1/s1. The topological polar surface area (TPSA) is 341 Å². The van der Waals surface area contributed by atoms with E-state index in [0.29, 0.717) is 0 Å². The van der Waals surface area contributed by atoms with Crippen LogP contribution in [-0.2, 0) is 32.2 Å². The molecule has 10 N–H and O–H groups in total. The highest BCUT2D eigenvalue weighted by atomic mass is 31.2. The Morgan fingerprint density at radius 2 is 1.78 bits per heavy atom. The predicted molar refractivity (Wildman–Crippen MR) is 145 cm³/mol. The number of rotatable bonds is 10. The van der Waals surface area contributed by atoms with Crippen LogP contribution in [-0.4, -0.2) is 114 Å². The fourth-order valence-corrected chi connectivity index (χ4v) is 6.17. The maximum absolute atomic E-state index is 15.8. The van der Waals surface area contributed by atoms with Gasteiger partial charge in [0.15, 0.2) is 41.7 Å². The van der Waals surface area contributed by atoms with Gasteiger partial charge in [0, 0.05) is 4.57 Å². The average molecular weight is 693 g/mol. The van der Waals surface area contributed by atoms with E-state index in [1.165, 1.54) is 10.9 Å². The summed E-state index contributed by atoms with van der Waals surface area (Å²) in [7, 11) is -8.72. The molecule has 0 aliphatic carbocycles. The molecule has 0 bridgehead atoms. The predicted octanol–water partition coefficient (Wildman–Crippen LogP) is -2.53. The number of aromatic amines is 1. The first-order chi connectivity index (χ1) is 21.7. The zero-order valence-electron chi connectivity index (χ0n) is 22.7. The molecular weight excluding hydrogens is 669 g/mol. The van der Waals surface area contributed by atoms with Gasteiger partial charge in [-0.25, -0.2) is 28.9 Å². The maximum atomic E-state index is 15.8. The van der Waals surface area contributed by atoms with Gasteiger partial charge in [-0.3, -0.25) is 28.0 Å². The molecule has 6 heterocycles. The fraction of sp³-hybridized carbons (Fsp3) is 0.500. The number of alkyl halides is 1. The molecule has 4 aromatic rings. The van der Waals surface area contributed by atoms with Crippen molar-refractivity contribution in [3.8, 4) is 0 Å². The number of ether oxygens (including phenoxy) is 2. The number of phosphoric ester groups is 1. The number of anilines is 2. The number of imidazole rings is 2. The van der Waals surface area contributed by atoms with Crippen LogP contribution in [0.3, 0.4) is 0 Å². The minimum absolute atomic E-state index is 0.0372. The number of H-pyrrole nitrogens is 1. The van der Waals surface area contributed by atoms with Crippen molar-refractivity contribution in [2.45, 2.75) is 48.8 Å². The van der Waals surface area contributed by atoms with Gasteiger partial charge in [0.2, 0.25) is 5.95 Å². The Balaban J connectivity index is 1.22. The Hall–Kier alpha value is -3.64. The van der Waals surface area contributed by atoms with Gasteiger partial charge in [-0.2, -0.15) is 4.98 Å². The Bertz CT molecular complexity index is 1910. The Morgan fingerprint density at radius 3 is 2.50 bits per heavy atom. The Morgan fingerprint density at radius 1 is 1.09 bits per heavy atom. The highest BCUT2D eigenvalue weighted by Gasteiger charge is 2.61. The molecule has 26 heteroatoms. The lowest BCUT2D eigenvalue weighted by Gasteiger charge is -2.24. The molecule has 0 radical (unpaired) electrons. The van der Waals surface area contributed by atoms with Crippen molar-refractivity contribution < 1.29 is 61.7 Å². The van der Waals surface area contributed by atoms with Gasteiger partial charge in [0.05, 0.1) is 19.3 Å². The summed E-state index contributed by atoms with van der Waals surface area (Å²) in [4.78, 5) is 53.6. The van der Waals surface area contributed by atoms with Gasteiger partial charge in [-0.15, -0.1) is 9.42 Å². The van der Waals surface area contributed by atoms with E-state index in [2.05, 4.69) is 34.4 Å². The zero-order valence-corrected chi connectivity index (χ0v) is 24.5. The summed E-state index contributed by atoms with van der Waals surface area (Å²) in [5.41, 5.74) is 10.2. The van der Waals surface area contributed by atoms with E-state index in [1.54, 1.807) is 0 Å². The molecule has 23 nitrogen and oxygen atoms in total. The van der Waals surface area contributed by atoms with Crippen LogP contribution in [0.15, 0.2) is 23.8 Å². The lowest BCUT2D eigenvalue weighted by molar-refractivity contribution is -0.202. The first-order valence-electron chi connectivity index (χ1n) is 12.9. The van der Waals surface area contributed by atoms with Crippen LogP contribution in [0.4, 0.5) is 16.2 Å². The number of halogens is 1. The maximum Gasteiger partial charge on any atom is 0.694 e. The number of nitrogen functional groups attached to an aromatic ring is 2. The minimum Gasteiger partial charge on any atom is -0.387 e. The quantitative estimate of drug-likeness (QED) is 0.0793. The number of aliphatic hydroxyl groups is 3. The molecule has 0 aromatic carbocycles. The van der Waals surface area contributed by atoms with Crippen molar-refractivity contribution >= 4 is 50.2 Å². The smallest absolute Gasteiger partial charge is 0.387 e. The van der Waals surface area contributed by atoms with Gasteiger partial charge in [0.25, 0.3) is 11.4 Å². The molecule has 6 rings (SSSR count). The molecule has 248 valence electrons. The summed E-state index contributed by atoms with van der Waals surface area (Å²) < 4.78 is 67.3. The number of nitrogens with two attached hydrogens (primary N) is 2. The zero-order chi connectivity index (χ0) is 33.1. The second kappa shape index (κ2) is 11.9. The largest absolute Gasteiger partial charge is 0.694 e. The number of aliphatic hydroxyl groups excluding tert-OH is 3. The van der Waals surface area contributed by atoms with Crippen LogP contribution in [0, 0.1) is 0 Å². The molecule has 2 fully saturated rings. The van der Waals surface area contributed by atoms with Crippen molar-refractivity contribution in [1.82, 2.24) is 39.0 Å². The van der Waals surface area contributed by atoms with E-state index in [4.69, 9.17) is 34.9 Å². The summed E-state index contributed by atoms with van der Waals surface area (Å²) >= 11 is 0. The highest BCUT2D eigenvalue weighted by molar-refractivity contribution is 7.47. The molecule has 2 aliphatic rings. The monoisotopic (exact) mass is 693 g/mol. The minimum atomic E-state index is -5.35. The average Bonchev–Trinajstić information content (AvgIpc) is 3.73. The van der Waals surface area contributed by atoms with E-state index in [-0.39, 0.29) is 28.1 Å². The SMILES string of the molecule is Nc1nc2c(ncn2[C@@H]2O[C@](F)(CO[P+](=O)O)[C@@H](O)[C@H]2OP(=O)(O)OC[C@H]2O[C@@H](n3cnc4c(N)ncnc43)[C@H](O)[C@@H]2O)c(=O)[nH]1. The number of nitrogens with one attached hydrogen (secondary N) is 1. The van der Waals surface area contributed by atoms with Crippen molar-refractivity contribution in [1.29, 1.82) is 0 Å². The molecule has 0 spiro atoms. The molecule has 4 aromatic heterocycles. The van der Waals surface area contributed by atoms with Crippen LogP contribution in [0.1, 0.15) is 12.5 Å². The molecule has 46 heavy (non-hydrogen) atoms. The normalized spacial score (nSPS) is 31.5. The summed E-state index contributed by atoms with van der Waals surface area (Å²) in [6.45, 7) is -2.24. The Labute approximate surface area is 254 Å². The third-order valence-electron chi connectivity index (χ3n) is 7.10. The van der Waals surface area contributed by atoms with E-state index in [1.807, 2.05) is 0 Å².